The Kier molecular flexibility index (Phi) is 5.52. The topological polar surface area (TPSA) is 55.4 Å². The first-order valence-corrected chi connectivity index (χ1v) is 5.97. The molecule has 7 heteroatoms. The molecule has 1 atom stereocenters. The predicted octanol–water partition coefficient (Wildman–Crippen LogP) is 2.55. The van der Waals surface area contributed by atoms with E-state index in [-0.39, 0.29) is 6.42 Å². The molecule has 1 aromatic rings. The largest absolute Gasteiger partial charge is 0.467 e. The summed E-state index contributed by atoms with van der Waals surface area (Å²) < 4.78 is 43.0. The zero-order chi connectivity index (χ0) is 16.0. The predicted molar refractivity (Wildman–Crippen MR) is 69.5 cm³/mol. The molecule has 114 valence electrons. The number of esters is 1. The number of hydrogen-bond donors (Lipinski definition) is 1. The van der Waals surface area contributed by atoms with Crippen LogP contribution < -0.4 is 5.32 Å². The van der Waals surface area contributed by atoms with Gasteiger partial charge >= 0.3 is 12.1 Å². The zero-order valence-electron chi connectivity index (χ0n) is 11.2. The first-order chi connectivity index (χ1) is 9.81. The summed E-state index contributed by atoms with van der Waals surface area (Å²) in [7, 11) is 1.12. The van der Waals surface area contributed by atoms with Crippen LogP contribution in [0, 0.1) is 0 Å². The van der Waals surface area contributed by atoms with Crippen molar-refractivity contribution >= 4 is 11.9 Å². The number of carbonyl (C=O) groups excluding carboxylic acids is 2. The molecule has 0 aliphatic carbocycles. The molecule has 1 rings (SSSR count). The molecule has 1 amide bonds. The number of benzene rings is 1. The molecule has 0 saturated heterocycles. The standard InChI is InChI=1S/C14H14F3NO3/c1-3-6-11(13(20)21-2)18-12(19)9-7-4-5-8-10(9)14(15,16)17/h3-5,7-8,11H,1,6H2,2H3,(H,18,19)/t11-/m0/s1. The highest BCUT2D eigenvalue weighted by atomic mass is 19.4. The third-order valence-corrected chi connectivity index (χ3v) is 2.67. The van der Waals surface area contributed by atoms with Gasteiger partial charge in [0.25, 0.3) is 5.91 Å². The molecular weight excluding hydrogens is 287 g/mol. The first kappa shape index (κ1) is 16.7. The summed E-state index contributed by atoms with van der Waals surface area (Å²) in [5, 5.41) is 2.21. The second-order valence-corrected chi connectivity index (χ2v) is 4.12. The normalized spacial score (nSPS) is 12.4. The van der Waals surface area contributed by atoms with Crippen molar-refractivity contribution in [2.24, 2.45) is 0 Å². The minimum absolute atomic E-state index is 0.0482. The average Bonchev–Trinajstić information content (AvgIpc) is 2.45. The Morgan fingerprint density at radius 2 is 2.00 bits per heavy atom. The Bertz CT molecular complexity index is 541. The summed E-state index contributed by atoms with van der Waals surface area (Å²) in [5.74, 6) is -1.76. The van der Waals surface area contributed by atoms with Crippen LogP contribution in [0.5, 0.6) is 0 Å². The van der Waals surface area contributed by atoms with Gasteiger partial charge in [-0.05, 0) is 18.6 Å². The molecule has 0 saturated carbocycles. The van der Waals surface area contributed by atoms with Crippen molar-refractivity contribution in [3.63, 3.8) is 0 Å². The van der Waals surface area contributed by atoms with Crippen molar-refractivity contribution in [1.29, 1.82) is 0 Å². The smallest absolute Gasteiger partial charge is 0.417 e. The van der Waals surface area contributed by atoms with E-state index in [2.05, 4.69) is 16.6 Å². The fraction of sp³-hybridized carbons (Fsp3) is 0.286. The molecule has 4 nitrogen and oxygen atoms in total. The number of carbonyl (C=O) groups is 2. The van der Waals surface area contributed by atoms with E-state index in [1.165, 1.54) is 18.2 Å². The van der Waals surface area contributed by atoms with Gasteiger partial charge in [0.2, 0.25) is 0 Å². The van der Waals surface area contributed by atoms with Crippen LogP contribution in [0.25, 0.3) is 0 Å². The lowest BCUT2D eigenvalue weighted by atomic mass is 10.1. The number of hydrogen-bond acceptors (Lipinski definition) is 3. The van der Waals surface area contributed by atoms with Gasteiger partial charge in [-0.25, -0.2) is 4.79 Å². The molecule has 0 heterocycles. The summed E-state index contributed by atoms with van der Waals surface area (Å²) in [5.41, 5.74) is -1.62. The van der Waals surface area contributed by atoms with Gasteiger partial charge in [-0.2, -0.15) is 13.2 Å². The Morgan fingerprint density at radius 3 is 2.52 bits per heavy atom. The van der Waals surface area contributed by atoms with Gasteiger partial charge in [0.1, 0.15) is 6.04 Å². The summed E-state index contributed by atoms with van der Waals surface area (Å²) >= 11 is 0. The Hall–Kier alpha value is -2.31. The first-order valence-electron chi connectivity index (χ1n) is 5.97. The maximum Gasteiger partial charge on any atom is 0.417 e. The van der Waals surface area contributed by atoms with Crippen LogP contribution in [-0.2, 0) is 15.7 Å². The minimum Gasteiger partial charge on any atom is -0.467 e. The van der Waals surface area contributed by atoms with Crippen LogP contribution in [0.1, 0.15) is 22.3 Å². The van der Waals surface area contributed by atoms with Crippen molar-refractivity contribution in [2.75, 3.05) is 7.11 Å². The minimum atomic E-state index is -4.66. The monoisotopic (exact) mass is 301 g/mol. The highest BCUT2D eigenvalue weighted by Crippen LogP contribution is 2.31. The van der Waals surface area contributed by atoms with Crippen LogP contribution in [0.3, 0.4) is 0 Å². The molecule has 0 unspecified atom stereocenters. The summed E-state index contributed by atoms with van der Waals surface area (Å²) in [4.78, 5) is 23.4. The molecule has 0 spiro atoms. The number of halogens is 3. The van der Waals surface area contributed by atoms with Crippen molar-refractivity contribution in [3.05, 3.63) is 48.0 Å². The molecule has 21 heavy (non-hydrogen) atoms. The number of nitrogens with one attached hydrogen (secondary N) is 1. The van der Waals surface area contributed by atoms with Gasteiger partial charge in [0.05, 0.1) is 18.2 Å². The highest BCUT2D eigenvalue weighted by molar-refractivity contribution is 5.98. The Labute approximate surface area is 119 Å². The number of ether oxygens (including phenoxy) is 1. The van der Waals surface area contributed by atoms with Crippen molar-refractivity contribution in [3.8, 4) is 0 Å². The SMILES string of the molecule is C=CC[C@H](NC(=O)c1ccccc1C(F)(F)F)C(=O)OC. The van der Waals surface area contributed by atoms with Gasteiger partial charge in [-0.3, -0.25) is 4.79 Å². The number of alkyl halides is 3. The molecular formula is C14H14F3NO3. The molecule has 0 bridgehead atoms. The summed E-state index contributed by atoms with van der Waals surface area (Å²) in [6.07, 6.45) is -3.25. The average molecular weight is 301 g/mol. The van der Waals surface area contributed by atoms with E-state index in [1.54, 1.807) is 0 Å². The molecule has 0 aromatic heterocycles. The second kappa shape index (κ2) is 6.92. The quantitative estimate of drug-likeness (QED) is 0.671. The van der Waals surface area contributed by atoms with Crippen LogP contribution in [0.2, 0.25) is 0 Å². The maximum absolute atomic E-state index is 12.8. The summed E-state index contributed by atoms with van der Waals surface area (Å²) in [6.45, 7) is 3.41. The fourth-order valence-electron chi connectivity index (χ4n) is 1.69. The van der Waals surface area contributed by atoms with Crippen molar-refractivity contribution in [1.82, 2.24) is 5.32 Å². The molecule has 0 radical (unpaired) electrons. The van der Waals surface area contributed by atoms with Crippen molar-refractivity contribution in [2.45, 2.75) is 18.6 Å². The number of rotatable bonds is 5. The molecule has 1 N–H and O–H groups in total. The second-order valence-electron chi connectivity index (χ2n) is 4.12. The third kappa shape index (κ3) is 4.34. The fourth-order valence-corrected chi connectivity index (χ4v) is 1.69. The number of amides is 1. The van der Waals surface area contributed by atoms with Crippen LogP contribution in [-0.4, -0.2) is 25.0 Å². The van der Waals surface area contributed by atoms with E-state index >= 15 is 0 Å². The molecule has 0 fully saturated rings. The maximum atomic E-state index is 12.8. The third-order valence-electron chi connectivity index (χ3n) is 2.67. The van der Waals surface area contributed by atoms with Crippen LogP contribution in [0.15, 0.2) is 36.9 Å². The van der Waals surface area contributed by atoms with E-state index in [4.69, 9.17) is 0 Å². The lowest BCUT2D eigenvalue weighted by molar-refractivity contribution is -0.142. The van der Waals surface area contributed by atoms with Crippen LogP contribution >= 0.6 is 0 Å². The lowest BCUT2D eigenvalue weighted by Gasteiger charge is -2.17. The molecule has 0 aliphatic heterocycles. The number of methoxy groups -OCH3 is 1. The van der Waals surface area contributed by atoms with Crippen LogP contribution in [0.4, 0.5) is 13.2 Å². The van der Waals surface area contributed by atoms with E-state index in [9.17, 15) is 22.8 Å². The van der Waals surface area contributed by atoms with Crippen molar-refractivity contribution < 1.29 is 27.5 Å². The molecule has 1 aromatic carbocycles. The van der Waals surface area contributed by atoms with Gasteiger partial charge < -0.3 is 10.1 Å². The highest BCUT2D eigenvalue weighted by Gasteiger charge is 2.35. The van der Waals surface area contributed by atoms with Gasteiger partial charge in [0, 0.05) is 0 Å². The van der Waals surface area contributed by atoms with Gasteiger partial charge in [-0.15, -0.1) is 6.58 Å². The van der Waals surface area contributed by atoms with E-state index < -0.39 is 35.2 Å². The molecule has 0 aliphatic rings. The van der Waals surface area contributed by atoms with E-state index in [0.29, 0.717) is 0 Å². The Morgan fingerprint density at radius 1 is 1.38 bits per heavy atom. The zero-order valence-corrected chi connectivity index (χ0v) is 11.2. The Balaban J connectivity index is 3.03. The van der Waals surface area contributed by atoms with Gasteiger partial charge in [0.15, 0.2) is 0 Å². The summed E-state index contributed by atoms with van der Waals surface area (Å²) in [6, 6.07) is 3.25. The van der Waals surface area contributed by atoms with Gasteiger partial charge in [-0.1, -0.05) is 18.2 Å². The van der Waals surface area contributed by atoms with E-state index in [1.807, 2.05) is 0 Å². The lowest BCUT2D eigenvalue weighted by Crippen LogP contribution is -2.41. The van der Waals surface area contributed by atoms with E-state index in [0.717, 1.165) is 19.2 Å².